The first-order valence-corrected chi connectivity index (χ1v) is 10.4. The van der Waals surface area contributed by atoms with Crippen LogP contribution in [0.25, 0.3) is 15.9 Å². The number of nitrogens with zero attached hydrogens (tertiary/aromatic N) is 4. The molecule has 1 saturated heterocycles. The lowest BCUT2D eigenvalue weighted by Crippen LogP contribution is -2.31. The van der Waals surface area contributed by atoms with Crippen molar-refractivity contribution in [3.05, 3.63) is 51.9 Å². The molecular formula is C22H24N4O2S. The van der Waals surface area contributed by atoms with Crippen molar-refractivity contribution in [2.45, 2.75) is 12.5 Å². The van der Waals surface area contributed by atoms with Crippen molar-refractivity contribution in [2.24, 2.45) is 0 Å². The van der Waals surface area contributed by atoms with E-state index in [2.05, 4.69) is 52.9 Å². The normalized spacial score (nSPS) is 16.4. The third kappa shape index (κ3) is 4.06. The minimum Gasteiger partial charge on any atom is -0.372 e. The van der Waals surface area contributed by atoms with E-state index in [-0.39, 0.29) is 5.56 Å². The quantitative estimate of drug-likeness (QED) is 0.621. The van der Waals surface area contributed by atoms with Crippen molar-refractivity contribution in [2.75, 3.05) is 45.8 Å². The van der Waals surface area contributed by atoms with Gasteiger partial charge in [-0.05, 0) is 50.8 Å². The van der Waals surface area contributed by atoms with Crippen molar-refractivity contribution >= 4 is 27.2 Å². The highest BCUT2D eigenvalue weighted by molar-refractivity contribution is 7.19. The Hall–Kier alpha value is -2.66. The largest absolute Gasteiger partial charge is 0.372 e. The second-order valence-corrected chi connectivity index (χ2v) is 8.40. The average Bonchev–Trinajstić information content (AvgIpc) is 3.36. The number of hydrogen-bond acceptors (Lipinski definition) is 6. The van der Waals surface area contributed by atoms with Crippen LogP contribution in [0.5, 0.6) is 0 Å². The monoisotopic (exact) mass is 408 g/mol. The molecule has 7 heteroatoms. The zero-order valence-corrected chi connectivity index (χ0v) is 17.7. The Bertz CT molecular complexity index is 1120. The average molecular weight is 409 g/mol. The van der Waals surface area contributed by atoms with Gasteiger partial charge in [0.2, 0.25) is 0 Å². The molecule has 1 aliphatic rings. The summed E-state index contributed by atoms with van der Waals surface area (Å²) >= 11 is 1.37. The van der Waals surface area contributed by atoms with E-state index in [0.717, 1.165) is 23.7 Å². The fourth-order valence-corrected chi connectivity index (χ4v) is 4.49. The van der Waals surface area contributed by atoms with Crippen molar-refractivity contribution in [3.8, 4) is 17.5 Å². The predicted molar refractivity (Wildman–Crippen MR) is 118 cm³/mol. The van der Waals surface area contributed by atoms with Crippen LogP contribution in [-0.2, 0) is 4.74 Å². The summed E-state index contributed by atoms with van der Waals surface area (Å²) in [5.74, 6) is 5.93. The number of thiophene rings is 1. The van der Waals surface area contributed by atoms with E-state index in [1.165, 1.54) is 23.4 Å². The molecule has 1 aromatic carbocycles. The maximum atomic E-state index is 13.0. The molecule has 0 amide bonds. The van der Waals surface area contributed by atoms with Gasteiger partial charge < -0.3 is 14.5 Å². The molecule has 29 heavy (non-hydrogen) atoms. The minimum absolute atomic E-state index is 0.0682. The standard InChI is InChI=1S/C22H24N4O2S/c1-24(2)18-10-11-25(14-18)16-6-8-17(9-7-16)26-15-23-20-13-19(5-4-12-28-3)29-21(20)22(26)27/h6-9,13,15,18H,10-12,14H2,1-3H3/t18-/m1/s1. The Morgan fingerprint density at radius 2 is 2.03 bits per heavy atom. The van der Waals surface area contributed by atoms with E-state index in [9.17, 15) is 4.79 Å². The van der Waals surface area contributed by atoms with Gasteiger partial charge in [-0.2, -0.15) is 0 Å². The van der Waals surface area contributed by atoms with Gasteiger partial charge in [0, 0.05) is 31.9 Å². The molecule has 3 aromatic rings. The number of likely N-dealkylation sites (N-methyl/N-ethyl adjacent to an activating group) is 1. The number of anilines is 1. The molecule has 3 heterocycles. The maximum absolute atomic E-state index is 13.0. The molecule has 1 fully saturated rings. The van der Waals surface area contributed by atoms with Crippen molar-refractivity contribution in [1.82, 2.24) is 14.5 Å². The zero-order valence-electron chi connectivity index (χ0n) is 16.9. The van der Waals surface area contributed by atoms with Gasteiger partial charge in [0.25, 0.3) is 5.56 Å². The van der Waals surface area contributed by atoms with Gasteiger partial charge >= 0.3 is 0 Å². The van der Waals surface area contributed by atoms with E-state index in [0.29, 0.717) is 22.9 Å². The third-order valence-electron chi connectivity index (χ3n) is 5.25. The number of benzene rings is 1. The molecule has 0 aliphatic carbocycles. The van der Waals surface area contributed by atoms with Gasteiger partial charge in [-0.1, -0.05) is 11.8 Å². The van der Waals surface area contributed by atoms with Gasteiger partial charge in [0.15, 0.2) is 0 Å². The van der Waals surface area contributed by atoms with E-state index in [4.69, 9.17) is 4.74 Å². The van der Waals surface area contributed by atoms with E-state index in [1.807, 2.05) is 18.2 Å². The Kier molecular flexibility index (Phi) is 5.67. The van der Waals surface area contributed by atoms with Crippen LogP contribution in [0.4, 0.5) is 5.69 Å². The molecule has 0 saturated carbocycles. The third-order valence-corrected chi connectivity index (χ3v) is 6.28. The summed E-state index contributed by atoms with van der Waals surface area (Å²) in [6.45, 7) is 2.45. The highest BCUT2D eigenvalue weighted by atomic mass is 32.1. The molecule has 0 bridgehead atoms. The van der Waals surface area contributed by atoms with Crippen LogP contribution in [-0.4, -0.2) is 61.4 Å². The van der Waals surface area contributed by atoms with Gasteiger partial charge in [-0.15, -0.1) is 11.3 Å². The number of ether oxygens (including phenoxy) is 1. The van der Waals surface area contributed by atoms with Gasteiger partial charge in [-0.3, -0.25) is 9.36 Å². The molecule has 6 nitrogen and oxygen atoms in total. The lowest BCUT2D eigenvalue weighted by Gasteiger charge is -2.22. The highest BCUT2D eigenvalue weighted by Crippen LogP contribution is 2.24. The fraction of sp³-hybridized carbons (Fsp3) is 0.364. The van der Waals surface area contributed by atoms with E-state index in [1.54, 1.807) is 18.0 Å². The van der Waals surface area contributed by atoms with Gasteiger partial charge in [0.1, 0.15) is 17.6 Å². The summed E-state index contributed by atoms with van der Waals surface area (Å²) in [5.41, 5.74) is 2.62. The summed E-state index contributed by atoms with van der Waals surface area (Å²) in [5, 5.41) is 0. The summed E-state index contributed by atoms with van der Waals surface area (Å²) in [6, 6.07) is 10.6. The number of methoxy groups -OCH3 is 1. The van der Waals surface area contributed by atoms with Crippen molar-refractivity contribution < 1.29 is 4.74 Å². The molecular weight excluding hydrogens is 384 g/mol. The molecule has 0 radical (unpaired) electrons. The van der Waals surface area contributed by atoms with Crippen LogP contribution >= 0.6 is 11.3 Å². The highest BCUT2D eigenvalue weighted by Gasteiger charge is 2.24. The van der Waals surface area contributed by atoms with Crippen molar-refractivity contribution in [1.29, 1.82) is 0 Å². The van der Waals surface area contributed by atoms with Gasteiger partial charge in [0.05, 0.1) is 16.1 Å². The lowest BCUT2D eigenvalue weighted by atomic mass is 10.2. The Morgan fingerprint density at radius 3 is 2.72 bits per heavy atom. The van der Waals surface area contributed by atoms with E-state index < -0.39 is 0 Å². The molecule has 150 valence electrons. The van der Waals surface area contributed by atoms with Crippen LogP contribution in [0.2, 0.25) is 0 Å². The number of hydrogen-bond donors (Lipinski definition) is 0. The first kappa shape index (κ1) is 19.6. The Balaban J connectivity index is 1.59. The first-order valence-electron chi connectivity index (χ1n) is 9.57. The molecule has 1 atom stereocenters. The predicted octanol–water partition coefficient (Wildman–Crippen LogP) is 2.59. The summed E-state index contributed by atoms with van der Waals surface area (Å²) in [4.78, 5) is 22.9. The topological polar surface area (TPSA) is 50.6 Å². The molecule has 2 aromatic heterocycles. The lowest BCUT2D eigenvalue weighted by molar-refractivity contribution is 0.240. The Labute approximate surface area is 174 Å². The van der Waals surface area contributed by atoms with E-state index >= 15 is 0 Å². The maximum Gasteiger partial charge on any atom is 0.275 e. The SMILES string of the molecule is COCC#Cc1cc2ncn(-c3ccc(N4CC[C@@H](N(C)C)C4)cc3)c(=O)c2s1. The summed E-state index contributed by atoms with van der Waals surface area (Å²) in [6.07, 6.45) is 2.76. The van der Waals surface area contributed by atoms with Crippen LogP contribution in [0.1, 0.15) is 11.3 Å². The second-order valence-electron chi connectivity index (χ2n) is 7.35. The number of aromatic nitrogens is 2. The van der Waals surface area contributed by atoms with Crippen molar-refractivity contribution in [3.63, 3.8) is 0 Å². The zero-order chi connectivity index (χ0) is 20.4. The number of rotatable bonds is 4. The molecule has 0 unspecified atom stereocenters. The Morgan fingerprint density at radius 1 is 1.28 bits per heavy atom. The van der Waals surface area contributed by atoms with Crippen LogP contribution in [0.15, 0.2) is 41.5 Å². The molecule has 0 spiro atoms. The summed E-state index contributed by atoms with van der Waals surface area (Å²) in [7, 11) is 5.87. The fourth-order valence-electron chi connectivity index (χ4n) is 3.58. The first-order chi connectivity index (χ1) is 14.1. The van der Waals surface area contributed by atoms with Gasteiger partial charge in [-0.25, -0.2) is 4.98 Å². The number of fused-ring (bicyclic) bond motifs is 1. The van der Waals surface area contributed by atoms with Crippen LogP contribution < -0.4 is 10.5 Å². The molecule has 1 aliphatic heterocycles. The molecule has 0 N–H and O–H groups in total. The molecule has 4 rings (SSSR count). The second kappa shape index (κ2) is 8.37. The van der Waals surface area contributed by atoms with Crippen LogP contribution in [0.3, 0.4) is 0 Å². The smallest absolute Gasteiger partial charge is 0.275 e. The summed E-state index contributed by atoms with van der Waals surface area (Å²) < 4.78 is 7.16. The minimum atomic E-state index is -0.0682. The van der Waals surface area contributed by atoms with Crippen LogP contribution in [0, 0.1) is 11.8 Å².